The topological polar surface area (TPSA) is 67.9 Å². The zero-order chi connectivity index (χ0) is 16.2. The van der Waals surface area contributed by atoms with Gasteiger partial charge in [-0.05, 0) is 12.8 Å². The van der Waals surface area contributed by atoms with E-state index < -0.39 is 0 Å². The molecule has 2 aliphatic heterocycles. The zero-order valence-electron chi connectivity index (χ0n) is 12.8. The maximum Gasteiger partial charge on any atom is 0.244 e. The maximum atomic E-state index is 12.2. The summed E-state index contributed by atoms with van der Waals surface area (Å²) in [6.45, 7) is 1.81. The molecule has 3 rings (SSSR count). The number of likely N-dealkylation sites (tertiary alicyclic amines) is 1. The number of hydrogen-bond acceptors (Lipinski definition) is 4. The van der Waals surface area contributed by atoms with Gasteiger partial charge in [0.15, 0.2) is 11.5 Å². The largest absolute Gasteiger partial charge is 0.490 e. The van der Waals surface area contributed by atoms with Crippen molar-refractivity contribution >= 4 is 29.1 Å². The molecule has 1 saturated heterocycles. The summed E-state index contributed by atoms with van der Waals surface area (Å²) >= 11 is 6.20. The number of benzene rings is 1. The smallest absolute Gasteiger partial charge is 0.244 e. The number of rotatable bonds is 3. The van der Waals surface area contributed by atoms with Gasteiger partial charge in [-0.2, -0.15) is 0 Å². The summed E-state index contributed by atoms with van der Waals surface area (Å²) in [6.07, 6.45) is 3.14. The number of carbonyl (C=O) groups is 2. The average molecular weight is 339 g/mol. The highest BCUT2D eigenvalue weighted by atomic mass is 35.5. The minimum Gasteiger partial charge on any atom is -0.490 e. The Hall–Kier alpha value is -1.95. The molecule has 2 heterocycles. The molecule has 0 aliphatic carbocycles. The minimum absolute atomic E-state index is 0.0242. The van der Waals surface area contributed by atoms with Gasteiger partial charge >= 0.3 is 0 Å². The zero-order valence-corrected chi connectivity index (χ0v) is 13.5. The molecule has 1 fully saturated rings. The summed E-state index contributed by atoms with van der Waals surface area (Å²) < 4.78 is 11.1. The molecule has 1 N–H and O–H groups in total. The molecule has 0 bridgehead atoms. The molecule has 0 spiro atoms. The highest BCUT2D eigenvalue weighted by Crippen LogP contribution is 2.37. The standard InChI is InChI=1S/C16H19ClN2O4/c17-11-8-13-14(23-7-3-6-22-13)9-12(11)18-15(20)10-19-5-2-1-4-16(19)21/h8-9H,1-7,10H2,(H,18,20). The lowest BCUT2D eigenvalue weighted by Crippen LogP contribution is -2.40. The van der Waals surface area contributed by atoms with Crippen molar-refractivity contribution in [2.24, 2.45) is 0 Å². The number of nitrogens with one attached hydrogen (secondary N) is 1. The molecule has 0 aromatic heterocycles. The summed E-state index contributed by atoms with van der Waals surface area (Å²) in [5, 5.41) is 3.13. The van der Waals surface area contributed by atoms with Crippen molar-refractivity contribution in [3.63, 3.8) is 0 Å². The molecule has 0 unspecified atom stereocenters. The molecule has 7 heteroatoms. The van der Waals surface area contributed by atoms with Crippen LogP contribution >= 0.6 is 11.6 Å². The Labute approximate surface area is 139 Å². The van der Waals surface area contributed by atoms with Crippen LogP contribution in [0.4, 0.5) is 5.69 Å². The van der Waals surface area contributed by atoms with E-state index in [2.05, 4.69) is 5.32 Å². The van der Waals surface area contributed by atoms with Gasteiger partial charge in [-0.3, -0.25) is 9.59 Å². The van der Waals surface area contributed by atoms with Crippen LogP contribution in [0.5, 0.6) is 11.5 Å². The van der Waals surface area contributed by atoms with Crippen LogP contribution in [0.25, 0.3) is 0 Å². The van der Waals surface area contributed by atoms with Gasteiger partial charge < -0.3 is 19.7 Å². The number of amides is 2. The van der Waals surface area contributed by atoms with Crippen LogP contribution in [0.2, 0.25) is 5.02 Å². The van der Waals surface area contributed by atoms with Gasteiger partial charge in [0, 0.05) is 31.5 Å². The Bertz CT molecular complexity index is 620. The first kappa shape index (κ1) is 15.9. The number of carbonyl (C=O) groups excluding carboxylic acids is 2. The average Bonchev–Trinajstić information content (AvgIpc) is 2.75. The van der Waals surface area contributed by atoms with E-state index in [1.165, 1.54) is 0 Å². The van der Waals surface area contributed by atoms with E-state index in [0.717, 1.165) is 19.3 Å². The number of fused-ring (bicyclic) bond motifs is 1. The first-order valence-corrected chi connectivity index (χ1v) is 8.18. The van der Waals surface area contributed by atoms with Gasteiger partial charge in [0.2, 0.25) is 11.8 Å². The van der Waals surface area contributed by atoms with E-state index >= 15 is 0 Å². The van der Waals surface area contributed by atoms with Crippen LogP contribution in [-0.2, 0) is 9.59 Å². The maximum absolute atomic E-state index is 12.2. The van der Waals surface area contributed by atoms with E-state index in [-0.39, 0.29) is 18.4 Å². The summed E-state index contributed by atoms with van der Waals surface area (Å²) in [5.41, 5.74) is 0.463. The van der Waals surface area contributed by atoms with Gasteiger partial charge in [0.05, 0.1) is 30.5 Å². The summed E-state index contributed by atoms with van der Waals surface area (Å²) in [5.74, 6) is 0.903. The van der Waals surface area contributed by atoms with E-state index in [0.29, 0.717) is 48.4 Å². The first-order chi connectivity index (χ1) is 11.1. The van der Waals surface area contributed by atoms with Crippen molar-refractivity contribution in [1.82, 2.24) is 4.90 Å². The highest BCUT2D eigenvalue weighted by molar-refractivity contribution is 6.34. The lowest BCUT2D eigenvalue weighted by molar-refractivity contribution is -0.136. The van der Waals surface area contributed by atoms with Crippen LogP contribution in [0.1, 0.15) is 25.7 Å². The molecule has 0 radical (unpaired) electrons. The van der Waals surface area contributed by atoms with Crippen LogP contribution in [0.15, 0.2) is 12.1 Å². The van der Waals surface area contributed by atoms with E-state index in [4.69, 9.17) is 21.1 Å². The van der Waals surface area contributed by atoms with E-state index in [1.807, 2.05) is 0 Å². The van der Waals surface area contributed by atoms with Crippen molar-refractivity contribution in [2.75, 3.05) is 31.6 Å². The molecule has 1 aromatic carbocycles. The molecule has 0 saturated carbocycles. The van der Waals surface area contributed by atoms with E-state index in [1.54, 1.807) is 17.0 Å². The fourth-order valence-corrected chi connectivity index (χ4v) is 2.87. The van der Waals surface area contributed by atoms with Gasteiger partial charge in [-0.15, -0.1) is 0 Å². The van der Waals surface area contributed by atoms with Crippen LogP contribution in [0, 0.1) is 0 Å². The molecule has 2 aliphatic rings. The third-order valence-corrected chi connectivity index (χ3v) is 4.18. The van der Waals surface area contributed by atoms with Gasteiger partial charge in [0.1, 0.15) is 0 Å². The third-order valence-electron chi connectivity index (χ3n) is 3.87. The predicted molar refractivity (Wildman–Crippen MR) is 86.1 cm³/mol. The summed E-state index contributed by atoms with van der Waals surface area (Å²) in [4.78, 5) is 25.5. The van der Waals surface area contributed by atoms with Gasteiger partial charge in [-0.25, -0.2) is 0 Å². The fraction of sp³-hybridized carbons (Fsp3) is 0.500. The number of anilines is 1. The Morgan fingerprint density at radius 2 is 1.91 bits per heavy atom. The Morgan fingerprint density at radius 1 is 1.17 bits per heavy atom. The predicted octanol–water partition coefficient (Wildman–Crippen LogP) is 2.45. The van der Waals surface area contributed by atoms with Crippen molar-refractivity contribution in [2.45, 2.75) is 25.7 Å². The van der Waals surface area contributed by atoms with Crippen molar-refractivity contribution < 1.29 is 19.1 Å². The monoisotopic (exact) mass is 338 g/mol. The lowest BCUT2D eigenvalue weighted by Gasteiger charge is -2.26. The molecule has 0 atom stereocenters. The third kappa shape index (κ3) is 3.88. The Kier molecular flexibility index (Phi) is 4.91. The number of ether oxygens (including phenoxy) is 2. The molecular weight excluding hydrogens is 320 g/mol. The quantitative estimate of drug-likeness (QED) is 0.919. The van der Waals surface area contributed by atoms with Crippen LogP contribution < -0.4 is 14.8 Å². The van der Waals surface area contributed by atoms with Crippen molar-refractivity contribution in [3.05, 3.63) is 17.2 Å². The first-order valence-electron chi connectivity index (χ1n) is 7.80. The number of nitrogens with zero attached hydrogens (tertiary/aromatic N) is 1. The SMILES string of the molecule is O=C(CN1CCCCC1=O)Nc1cc2c(cc1Cl)OCCCO2. The summed E-state index contributed by atoms with van der Waals surface area (Å²) in [6, 6.07) is 3.31. The number of piperidine rings is 1. The second kappa shape index (κ2) is 7.08. The second-order valence-electron chi connectivity index (χ2n) is 5.65. The van der Waals surface area contributed by atoms with Gasteiger partial charge in [-0.1, -0.05) is 11.6 Å². The van der Waals surface area contributed by atoms with Gasteiger partial charge in [0.25, 0.3) is 0 Å². The molecule has 2 amide bonds. The Morgan fingerprint density at radius 3 is 2.65 bits per heavy atom. The fourth-order valence-electron chi connectivity index (χ4n) is 2.67. The van der Waals surface area contributed by atoms with Crippen molar-refractivity contribution in [1.29, 1.82) is 0 Å². The number of halogens is 1. The van der Waals surface area contributed by atoms with Crippen LogP contribution in [-0.4, -0.2) is 43.0 Å². The number of hydrogen-bond donors (Lipinski definition) is 1. The lowest BCUT2D eigenvalue weighted by atomic mass is 10.1. The second-order valence-corrected chi connectivity index (χ2v) is 6.06. The molecule has 23 heavy (non-hydrogen) atoms. The highest BCUT2D eigenvalue weighted by Gasteiger charge is 2.21. The molecule has 1 aromatic rings. The normalized spacial score (nSPS) is 17.6. The molecule has 124 valence electrons. The molecular formula is C16H19ClN2O4. The van der Waals surface area contributed by atoms with Crippen molar-refractivity contribution in [3.8, 4) is 11.5 Å². The molecule has 6 nitrogen and oxygen atoms in total. The van der Waals surface area contributed by atoms with Crippen LogP contribution in [0.3, 0.4) is 0 Å². The minimum atomic E-state index is -0.267. The Balaban J connectivity index is 1.68. The van der Waals surface area contributed by atoms with E-state index in [9.17, 15) is 9.59 Å². The summed E-state index contributed by atoms with van der Waals surface area (Å²) in [7, 11) is 0.